The van der Waals surface area contributed by atoms with Gasteiger partial charge in [-0.15, -0.1) is 0 Å². The van der Waals surface area contributed by atoms with Gasteiger partial charge in [0.25, 0.3) is 5.91 Å². The van der Waals surface area contributed by atoms with Crippen molar-refractivity contribution < 1.29 is 23.7 Å². The smallest absolute Gasteiger partial charge is 0.433 e. The molecule has 0 saturated heterocycles. The second kappa shape index (κ2) is 5.24. The maximum atomic E-state index is 12.2. The summed E-state index contributed by atoms with van der Waals surface area (Å²) in [5, 5.41) is 10.6. The lowest BCUT2D eigenvalue weighted by atomic mass is 9.95. The highest BCUT2D eigenvalue weighted by molar-refractivity contribution is 5.93. The second-order valence-corrected chi connectivity index (χ2v) is 5.13. The Morgan fingerprint density at radius 3 is 2.65 bits per heavy atom. The molecule has 0 aliphatic heterocycles. The molecular formula is C15H12N2O6. The molecule has 1 atom stereocenters. The van der Waals surface area contributed by atoms with Crippen LogP contribution >= 0.6 is 0 Å². The molecule has 1 unspecified atom stereocenters. The molecule has 2 N–H and O–H groups in total. The van der Waals surface area contributed by atoms with Crippen molar-refractivity contribution in [2.45, 2.75) is 18.4 Å². The van der Waals surface area contributed by atoms with Gasteiger partial charge in [-0.25, -0.2) is 4.79 Å². The van der Waals surface area contributed by atoms with Gasteiger partial charge in [0.2, 0.25) is 11.4 Å². The van der Waals surface area contributed by atoms with Crippen LogP contribution in [-0.4, -0.2) is 16.8 Å². The number of hydrogen-bond donors (Lipinski definition) is 1. The monoisotopic (exact) mass is 316 g/mol. The molecular weight excluding hydrogens is 304 g/mol. The molecule has 1 aliphatic carbocycles. The van der Waals surface area contributed by atoms with E-state index < -0.39 is 28.3 Å². The number of carbonyl (C=O) groups excluding carboxylic acids is 2. The lowest BCUT2D eigenvalue weighted by Crippen LogP contribution is -2.43. The van der Waals surface area contributed by atoms with E-state index in [1.165, 1.54) is 0 Å². The van der Waals surface area contributed by atoms with E-state index in [9.17, 15) is 19.7 Å². The fourth-order valence-corrected chi connectivity index (χ4v) is 2.73. The zero-order chi connectivity index (χ0) is 16.6. The van der Waals surface area contributed by atoms with Gasteiger partial charge in [-0.3, -0.25) is 14.9 Å². The van der Waals surface area contributed by atoms with Gasteiger partial charge in [0, 0.05) is 12.0 Å². The summed E-state index contributed by atoms with van der Waals surface area (Å²) in [4.78, 5) is 34.0. The van der Waals surface area contributed by atoms with Crippen molar-refractivity contribution in [3.05, 3.63) is 63.4 Å². The van der Waals surface area contributed by atoms with E-state index in [0.717, 1.165) is 17.7 Å². The normalized spacial score (nSPS) is 19.1. The van der Waals surface area contributed by atoms with Crippen LogP contribution in [0.15, 0.2) is 40.8 Å². The number of nitro groups is 1. The Kier molecular flexibility index (Phi) is 3.36. The molecule has 3 rings (SSSR count). The molecule has 23 heavy (non-hydrogen) atoms. The van der Waals surface area contributed by atoms with Crippen molar-refractivity contribution in [2.24, 2.45) is 5.73 Å². The molecule has 1 amide bonds. The summed E-state index contributed by atoms with van der Waals surface area (Å²) in [6.07, 6.45) is 0.751. The minimum Gasteiger partial charge on any atom is -0.438 e. The van der Waals surface area contributed by atoms with Crippen LogP contribution in [0.5, 0.6) is 0 Å². The third-order valence-corrected chi connectivity index (χ3v) is 3.84. The summed E-state index contributed by atoms with van der Waals surface area (Å²) in [6.45, 7) is 0. The highest BCUT2D eigenvalue weighted by atomic mass is 16.7. The van der Waals surface area contributed by atoms with E-state index in [1.807, 2.05) is 12.1 Å². The van der Waals surface area contributed by atoms with Gasteiger partial charge < -0.3 is 14.9 Å². The fourth-order valence-electron chi connectivity index (χ4n) is 2.73. The lowest BCUT2D eigenvalue weighted by Gasteiger charge is -2.26. The molecule has 0 fully saturated rings. The van der Waals surface area contributed by atoms with Crippen LogP contribution in [-0.2, 0) is 21.6 Å². The maximum Gasteiger partial charge on any atom is 0.433 e. The Bertz CT molecular complexity index is 812. The SMILES string of the molecule is NC(=O)C1(OC(=O)c2ccc([N+](=O)[O-])o2)CCc2ccccc21. The predicted molar refractivity (Wildman–Crippen MR) is 76.4 cm³/mol. The molecule has 118 valence electrons. The number of ether oxygens (including phenoxy) is 1. The number of amides is 1. The standard InChI is InChI=1S/C15H12N2O6/c16-14(19)15(8-7-9-3-1-2-4-10(9)15)23-13(18)11-5-6-12(22-11)17(20)21/h1-6H,7-8H2,(H2,16,19). The lowest BCUT2D eigenvalue weighted by molar-refractivity contribution is -0.402. The Balaban J connectivity index is 1.94. The summed E-state index contributed by atoms with van der Waals surface area (Å²) >= 11 is 0. The largest absolute Gasteiger partial charge is 0.438 e. The van der Waals surface area contributed by atoms with E-state index >= 15 is 0 Å². The number of nitrogens with zero attached hydrogens (tertiary/aromatic N) is 1. The number of rotatable bonds is 4. The van der Waals surface area contributed by atoms with Crippen LogP contribution in [0.25, 0.3) is 0 Å². The Morgan fingerprint density at radius 2 is 2.00 bits per heavy atom. The molecule has 8 heteroatoms. The summed E-state index contributed by atoms with van der Waals surface area (Å²) < 4.78 is 10.1. The van der Waals surface area contributed by atoms with E-state index in [2.05, 4.69) is 0 Å². The maximum absolute atomic E-state index is 12.2. The number of nitrogens with two attached hydrogens (primary N) is 1. The Labute approximate surface area is 130 Å². The second-order valence-electron chi connectivity index (χ2n) is 5.13. The number of furan rings is 1. The third-order valence-electron chi connectivity index (χ3n) is 3.84. The summed E-state index contributed by atoms with van der Waals surface area (Å²) in [5.41, 5.74) is 5.28. The first kappa shape index (κ1) is 14.8. The first-order valence-electron chi connectivity index (χ1n) is 6.80. The van der Waals surface area contributed by atoms with Gasteiger partial charge in [-0.2, -0.15) is 0 Å². The quantitative estimate of drug-likeness (QED) is 0.519. The zero-order valence-electron chi connectivity index (χ0n) is 11.9. The highest BCUT2D eigenvalue weighted by Crippen LogP contribution is 2.40. The molecule has 0 saturated carbocycles. The van der Waals surface area contributed by atoms with Crippen molar-refractivity contribution in [3.8, 4) is 0 Å². The van der Waals surface area contributed by atoms with E-state index in [0.29, 0.717) is 12.0 Å². The number of fused-ring (bicyclic) bond motifs is 1. The van der Waals surface area contributed by atoms with Crippen LogP contribution < -0.4 is 5.73 Å². The van der Waals surface area contributed by atoms with Crippen molar-refractivity contribution in [1.29, 1.82) is 0 Å². The van der Waals surface area contributed by atoms with Crippen LogP contribution in [0.3, 0.4) is 0 Å². The van der Waals surface area contributed by atoms with Crippen LogP contribution in [0.1, 0.15) is 28.1 Å². The summed E-state index contributed by atoms with van der Waals surface area (Å²) in [5.74, 6) is -2.72. The average molecular weight is 316 g/mol. The molecule has 0 radical (unpaired) electrons. The molecule has 0 bridgehead atoms. The zero-order valence-corrected chi connectivity index (χ0v) is 11.9. The minimum atomic E-state index is -1.59. The van der Waals surface area contributed by atoms with Crippen molar-refractivity contribution >= 4 is 17.8 Å². The molecule has 2 aromatic rings. The summed E-state index contributed by atoms with van der Waals surface area (Å²) in [7, 11) is 0. The van der Waals surface area contributed by atoms with Gasteiger partial charge in [0.1, 0.15) is 4.92 Å². The Hall–Kier alpha value is -3.16. The fraction of sp³-hybridized carbons (Fsp3) is 0.200. The molecule has 8 nitrogen and oxygen atoms in total. The Morgan fingerprint density at radius 1 is 1.26 bits per heavy atom. The van der Waals surface area contributed by atoms with Gasteiger partial charge in [-0.05, 0) is 18.1 Å². The first-order valence-corrected chi connectivity index (χ1v) is 6.80. The predicted octanol–water partition coefficient (Wildman–Crippen LogP) is 1.67. The van der Waals surface area contributed by atoms with Gasteiger partial charge in [0.05, 0.1) is 6.07 Å². The number of esters is 1. The van der Waals surface area contributed by atoms with E-state index in [-0.39, 0.29) is 12.2 Å². The van der Waals surface area contributed by atoms with Gasteiger partial charge >= 0.3 is 11.9 Å². The molecule has 1 aromatic carbocycles. The molecule has 1 aliphatic rings. The van der Waals surface area contributed by atoms with E-state index in [1.54, 1.807) is 12.1 Å². The van der Waals surface area contributed by atoms with Crippen LogP contribution in [0, 0.1) is 10.1 Å². The third kappa shape index (κ3) is 2.33. The highest BCUT2D eigenvalue weighted by Gasteiger charge is 2.48. The van der Waals surface area contributed by atoms with Crippen LogP contribution in [0.4, 0.5) is 5.88 Å². The van der Waals surface area contributed by atoms with E-state index in [4.69, 9.17) is 14.9 Å². The molecule has 1 heterocycles. The number of carbonyl (C=O) groups is 2. The number of hydrogen-bond acceptors (Lipinski definition) is 6. The average Bonchev–Trinajstić information content (AvgIpc) is 3.13. The van der Waals surface area contributed by atoms with Crippen molar-refractivity contribution in [3.63, 3.8) is 0 Å². The molecule has 0 spiro atoms. The van der Waals surface area contributed by atoms with Crippen molar-refractivity contribution in [2.75, 3.05) is 0 Å². The number of aryl methyl sites for hydroxylation is 1. The number of primary amides is 1. The van der Waals surface area contributed by atoms with Crippen molar-refractivity contribution in [1.82, 2.24) is 0 Å². The van der Waals surface area contributed by atoms with Gasteiger partial charge in [0.15, 0.2) is 0 Å². The van der Waals surface area contributed by atoms with Gasteiger partial charge in [-0.1, -0.05) is 24.3 Å². The topological polar surface area (TPSA) is 126 Å². The number of benzene rings is 1. The van der Waals surface area contributed by atoms with Crippen LogP contribution in [0.2, 0.25) is 0 Å². The summed E-state index contributed by atoms with van der Waals surface area (Å²) in [6, 6.07) is 9.18. The minimum absolute atomic E-state index is 0.218. The molecule has 1 aromatic heterocycles. The first-order chi connectivity index (χ1) is 10.9.